The summed E-state index contributed by atoms with van der Waals surface area (Å²) in [5.41, 5.74) is -0.305. The Balaban J connectivity index is 2.20. The summed E-state index contributed by atoms with van der Waals surface area (Å²) in [5, 5.41) is 90.0. The summed E-state index contributed by atoms with van der Waals surface area (Å²) in [4.78, 5) is 30.6. The van der Waals surface area contributed by atoms with E-state index in [0.717, 1.165) is 108 Å². The third-order valence-electron chi connectivity index (χ3n) is 14.2. The van der Waals surface area contributed by atoms with Gasteiger partial charge in [-0.2, -0.15) is 0 Å². The lowest BCUT2D eigenvalue weighted by Crippen LogP contribution is -2.80. The van der Waals surface area contributed by atoms with Crippen LogP contribution in [0, 0.1) is 17.3 Å². The van der Waals surface area contributed by atoms with Crippen LogP contribution in [0.4, 0.5) is 0 Å². The number of ether oxygens (including phenoxy) is 2. The number of carbonyl (C=O) groups excluding carboxylic acids is 2. The van der Waals surface area contributed by atoms with Gasteiger partial charge in [-0.15, -0.1) is 0 Å². The van der Waals surface area contributed by atoms with Crippen molar-refractivity contribution < 1.29 is 65.0 Å². The molecule has 2 aliphatic heterocycles. The SMILES string of the molecule is CCCCCCCCC(CCCCCC)C(=O)OCC(COC(=O)C(CCCCCC)CCCCCCCC)N1CCC2(CC1)CCN(C(O)(O)C(O)(O)C(O)(O)C(O)(O)O)CC2. The van der Waals surface area contributed by atoms with Crippen molar-refractivity contribution in [2.24, 2.45) is 17.3 Å². The van der Waals surface area contributed by atoms with Crippen molar-refractivity contribution in [3.05, 3.63) is 0 Å². The number of carbonyl (C=O) groups is 2. The van der Waals surface area contributed by atoms with E-state index >= 15 is 0 Å². The molecule has 0 amide bonds. The van der Waals surface area contributed by atoms with E-state index in [1.54, 1.807) is 0 Å². The molecule has 0 aromatic carbocycles. The average Bonchev–Trinajstić information content (AvgIpc) is 3.24. The number of nitrogens with zero attached hydrogens (tertiary/aromatic N) is 2. The van der Waals surface area contributed by atoms with Gasteiger partial charge in [-0.1, -0.05) is 156 Å². The highest BCUT2D eigenvalue weighted by atomic mass is 16.8. The first-order valence-corrected chi connectivity index (χ1v) is 25.2. The summed E-state index contributed by atoms with van der Waals surface area (Å²) in [6, 6.07) is -0.371. The molecule has 0 aromatic heterocycles. The second-order valence-corrected chi connectivity index (χ2v) is 19.3. The Morgan fingerprint density at radius 2 is 0.794 bits per heavy atom. The standard InChI is InChI=1S/C48H92N2O13/c1-5-9-13-17-19-23-27-39(25-21-15-11-7-3)42(51)62-37-41(38-63-43(52)40(26-22-16-12-8-4)28-24-20-18-14-10-6-2)49-33-29-44(30-34-49)31-35-50(36-32-44)47(57,58)45(53,54)46(55,56)48(59,60)61/h39-41,53-61H,5-38H2,1-4H3. The number of aliphatic hydroxyl groups is 9. The van der Waals surface area contributed by atoms with Crippen molar-refractivity contribution in [3.63, 3.8) is 0 Å². The van der Waals surface area contributed by atoms with Gasteiger partial charge in [0.2, 0.25) is 0 Å². The number of rotatable bonds is 35. The maximum absolute atomic E-state index is 13.8. The molecule has 0 bridgehead atoms. The van der Waals surface area contributed by atoms with Gasteiger partial charge in [0, 0.05) is 13.1 Å². The van der Waals surface area contributed by atoms with Crippen molar-refractivity contribution >= 4 is 11.9 Å². The zero-order valence-electron chi connectivity index (χ0n) is 39.8. The predicted molar refractivity (Wildman–Crippen MR) is 241 cm³/mol. The van der Waals surface area contributed by atoms with Gasteiger partial charge in [-0.3, -0.25) is 14.5 Å². The van der Waals surface area contributed by atoms with Crippen LogP contribution >= 0.6 is 0 Å². The molecule has 2 saturated heterocycles. The molecular weight excluding hydrogens is 813 g/mol. The zero-order chi connectivity index (χ0) is 47.0. The molecule has 0 saturated carbocycles. The zero-order valence-corrected chi connectivity index (χ0v) is 39.8. The Hall–Kier alpha value is -1.50. The van der Waals surface area contributed by atoms with Crippen molar-refractivity contribution in [2.45, 2.75) is 237 Å². The van der Waals surface area contributed by atoms with Gasteiger partial charge in [0.05, 0.1) is 17.9 Å². The van der Waals surface area contributed by atoms with Crippen LogP contribution in [0.15, 0.2) is 0 Å². The van der Waals surface area contributed by atoms with E-state index in [-0.39, 0.29) is 61.5 Å². The molecule has 0 aliphatic carbocycles. The van der Waals surface area contributed by atoms with E-state index in [1.165, 1.54) is 51.4 Å². The summed E-state index contributed by atoms with van der Waals surface area (Å²) in [6.45, 7) is 9.79. The van der Waals surface area contributed by atoms with Gasteiger partial charge in [0.1, 0.15) is 13.2 Å². The van der Waals surface area contributed by atoms with E-state index in [1.807, 2.05) is 0 Å². The lowest BCUT2D eigenvalue weighted by molar-refractivity contribution is -0.558. The molecule has 1 spiro atoms. The van der Waals surface area contributed by atoms with Gasteiger partial charge in [0.25, 0.3) is 11.7 Å². The highest BCUT2D eigenvalue weighted by molar-refractivity contribution is 5.73. The van der Waals surface area contributed by atoms with Gasteiger partial charge in [-0.25, -0.2) is 4.90 Å². The number of esters is 2. The summed E-state index contributed by atoms with van der Waals surface area (Å²) in [6.07, 6.45) is 27.5. The fourth-order valence-electron chi connectivity index (χ4n) is 9.43. The number of hydrogen-bond donors (Lipinski definition) is 9. The average molecular weight is 905 g/mol. The highest BCUT2D eigenvalue weighted by Crippen LogP contribution is 2.45. The lowest BCUT2D eigenvalue weighted by Gasteiger charge is -2.53. The topological polar surface area (TPSA) is 241 Å². The quantitative estimate of drug-likeness (QED) is 0.0204. The molecule has 372 valence electrons. The molecule has 2 rings (SSSR count). The molecule has 63 heavy (non-hydrogen) atoms. The molecule has 15 heteroatoms. The lowest BCUT2D eigenvalue weighted by atomic mass is 9.70. The Bertz CT molecular complexity index is 1180. The van der Waals surface area contributed by atoms with Crippen LogP contribution < -0.4 is 0 Å². The minimum absolute atomic E-state index is 0.0895. The molecule has 2 unspecified atom stereocenters. The number of unbranched alkanes of at least 4 members (excludes halogenated alkanes) is 16. The Morgan fingerprint density at radius 3 is 1.14 bits per heavy atom. The van der Waals surface area contributed by atoms with E-state index in [2.05, 4.69) is 32.6 Å². The van der Waals surface area contributed by atoms with Crippen LogP contribution in [0.2, 0.25) is 0 Å². The summed E-state index contributed by atoms with van der Waals surface area (Å²) < 4.78 is 12.3. The number of likely N-dealkylation sites (tertiary alicyclic amines) is 2. The van der Waals surface area contributed by atoms with Crippen LogP contribution in [0.25, 0.3) is 0 Å². The van der Waals surface area contributed by atoms with Gasteiger partial charge >= 0.3 is 23.7 Å². The van der Waals surface area contributed by atoms with Crippen LogP contribution in [0.3, 0.4) is 0 Å². The van der Waals surface area contributed by atoms with E-state index in [0.29, 0.717) is 38.8 Å². The van der Waals surface area contributed by atoms with Crippen molar-refractivity contribution in [2.75, 3.05) is 39.4 Å². The Morgan fingerprint density at radius 1 is 0.476 bits per heavy atom. The van der Waals surface area contributed by atoms with Gasteiger partial charge in [-0.05, 0) is 69.9 Å². The van der Waals surface area contributed by atoms with Crippen LogP contribution in [0.1, 0.15) is 207 Å². The molecule has 2 aliphatic rings. The molecule has 0 aromatic rings. The summed E-state index contributed by atoms with van der Waals surface area (Å²) in [7, 11) is 0. The van der Waals surface area contributed by atoms with Gasteiger partial charge < -0.3 is 55.4 Å². The predicted octanol–water partition coefficient (Wildman–Crippen LogP) is 5.92. The van der Waals surface area contributed by atoms with Crippen LogP contribution in [0.5, 0.6) is 0 Å². The Kier molecular flexibility index (Phi) is 26.8. The van der Waals surface area contributed by atoms with Crippen LogP contribution in [-0.4, -0.2) is 137 Å². The number of piperidine rings is 2. The third-order valence-corrected chi connectivity index (χ3v) is 14.2. The maximum atomic E-state index is 13.8. The normalized spacial score (nSPS) is 18.4. The fraction of sp³-hybridized carbons (Fsp3) is 0.958. The summed E-state index contributed by atoms with van der Waals surface area (Å²) >= 11 is 0. The first-order chi connectivity index (χ1) is 29.8. The maximum Gasteiger partial charge on any atom is 0.338 e. The third kappa shape index (κ3) is 18.6. The van der Waals surface area contributed by atoms with E-state index < -0.39 is 23.5 Å². The molecule has 9 N–H and O–H groups in total. The minimum atomic E-state index is -4.57. The molecule has 0 radical (unpaired) electrons. The molecular formula is C48H92N2O13. The molecule has 2 heterocycles. The molecule has 2 atom stereocenters. The van der Waals surface area contributed by atoms with Crippen molar-refractivity contribution in [3.8, 4) is 0 Å². The minimum Gasteiger partial charge on any atom is -0.464 e. The highest BCUT2D eigenvalue weighted by Gasteiger charge is 2.72. The van der Waals surface area contributed by atoms with Crippen LogP contribution in [-0.2, 0) is 19.1 Å². The smallest absolute Gasteiger partial charge is 0.338 e. The first-order valence-electron chi connectivity index (χ1n) is 25.2. The molecule has 2 fully saturated rings. The number of hydrogen-bond acceptors (Lipinski definition) is 15. The largest absolute Gasteiger partial charge is 0.464 e. The van der Waals surface area contributed by atoms with E-state index in [4.69, 9.17) is 9.47 Å². The van der Waals surface area contributed by atoms with E-state index in [9.17, 15) is 55.5 Å². The Labute approximate surface area is 379 Å². The van der Waals surface area contributed by atoms with Gasteiger partial charge in [0.15, 0.2) is 0 Å². The second kappa shape index (κ2) is 29.3. The molecule has 15 nitrogen and oxygen atoms in total. The van der Waals surface area contributed by atoms with Crippen molar-refractivity contribution in [1.82, 2.24) is 9.80 Å². The monoisotopic (exact) mass is 905 g/mol. The van der Waals surface area contributed by atoms with Crippen molar-refractivity contribution in [1.29, 1.82) is 0 Å². The summed E-state index contributed by atoms with van der Waals surface area (Å²) in [5.74, 6) is -18.0. The first kappa shape index (κ1) is 57.6. The second-order valence-electron chi connectivity index (χ2n) is 19.3. The fourth-order valence-corrected chi connectivity index (χ4v) is 9.43.